The maximum Gasteiger partial charge on any atom is 0.340 e. The number of carbonyl (C=O) groups excluding carboxylic acids is 1. The number of aromatic amines is 1. The third-order valence-electron chi connectivity index (χ3n) is 2.19. The van der Waals surface area contributed by atoms with Gasteiger partial charge in [-0.3, -0.25) is 5.10 Å². The fraction of sp³-hybridized carbons (Fsp3) is 0.0909. The number of hydrogen-bond donors (Lipinski definition) is 1. The lowest BCUT2D eigenvalue weighted by Crippen LogP contribution is -2.05. The lowest BCUT2D eigenvalue weighted by atomic mass is 10.1. The molecule has 2 aromatic rings. The van der Waals surface area contributed by atoms with Crippen molar-refractivity contribution in [1.82, 2.24) is 10.2 Å². The zero-order chi connectivity index (χ0) is 11.5. The van der Waals surface area contributed by atoms with E-state index in [-0.39, 0.29) is 5.56 Å². The van der Waals surface area contributed by atoms with Gasteiger partial charge in [0.15, 0.2) is 0 Å². The van der Waals surface area contributed by atoms with Gasteiger partial charge in [0, 0.05) is 11.8 Å². The predicted octanol–water partition coefficient (Wildman–Crippen LogP) is 2.00. The molecule has 0 aliphatic rings. The number of hydrogen-bond acceptors (Lipinski definition) is 3. The fourth-order valence-electron chi connectivity index (χ4n) is 1.41. The highest BCUT2D eigenvalue weighted by molar-refractivity contribution is 5.91. The molecule has 2 rings (SSSR count). The fourth-order valence-corrected chi connectivity index (χ4v) is 1.41. The first-order valence-corrected chi connectivity index (χ1v) is 4.60. The van der Waals surface area contributed by atoms with Crippen molar-refractivity contribution in [2.75, 3.05) is 7.11 Å². The van der Waals surface area contributed by atoms with Gasteiger partial charge >= 0.3 is 5.97 Å². The van der Waals surface area contributed by atoms with Crippen molar-refractivity contribution in [1.29, 1.82) is 0 Å². The van der Waals surface area contributed by atoms with E-state index in [1.807, 2.05) is 0 Å². The summed E-state index contributed by atoms with van der Waals surface area (Å²) in [5, 5.41) is 6.36. The van der Waals surface area contributed by atoms with Crippen LogP contribution in [0.15, 0.2) is 30.5 Å². The first kappa shape index (κ1) is 10.4. The Morgan fingerprint density at radius 1 is 1.44 bits per heavy atom. The smallest absolute Gasteiger partial charge is 0.340 e. The summed E-state index contributed by atoms with van der Waals surface area (Å²) in [6.07, 6.45) is 1.51. The van der Waals surface area contributed by atoms with E-state index in [0.29, 0.717) is 11.3 Å². The minimum absolute atomic E-state index is 0.0883. The number of H-pyrrole nitrogens is 1. The van der Waals surface area contributed by atoms with Gasteiger partial charge in [-0.2, -0.15) is 5.10 Å². The number of benzene rings is 1. The van der Waals surface area contributed by atoms with Crippen molar-refractivity contribution in [3.05, 3.63) is 41.8 Å². The van der Waals surface area contributed by atoms with Crippen molar-refractivity contribution in [2.24, 2.45) is 0 Å². The summed E-state index contributed by atoms with van der Waals surface area (Å²) in [7, 11) is 1.21. The molecule has 1 aromatic heterocycles. The number of esters is 1. The number of carbonyl (C=O) groups is 1. The van der Waals surface area contributed by atoms with E-state index in [1.165, 1.54) is 19.4 Å². The van der Waals surface area contributed by atoms with Gasteiger partial charge in [0.25, 0.3) is 0 Å². The number of nitrogens with zero attached hydrogens (tertiary/aromatic N) is 1. The molecule has 5 heteroatoms. The molecule has 1 N–H and O–H groups in total. The molecule has 0 spiro atoms. The number of methoxy groups -OCH3 is 1. The third kappa shape index (κ3) is 1.67. The molecule has 0 amide bonds. The maximum atomic E-state index is 13.9. The van der Waals surface area contributed by atoms with Gasteiger partial charge in [-0.25, -0.2) is 9.18 Å². The van der Waals surface area contributed by atoms with E-state index < -0.39 is 11.8 Å². The van der Waals surface area contributed by atoms with E-state index in [0.717, 1.165) is 0 Å². The highest BCUT2D eigenvalue weighted by atomic mass is 19.1. The minimum Gasteiger partial charge on any atom is -0.465 e. The highest BCUT2D eigenvalue weighted by Gasteiger charge is 2.16. The first-order chi connectivity index (χ1) is 7.74. The summed E-state index contributed by atoms with van der Waals surface area (Å²) in [5.74, 6) is -1.31. The van der Waals surface area contributed by atoms with Crippen molar-refractivity contribution in [3.63, 3.8) is 0 Å². The third-order valence-corrected chi connectivity index (χ3v) is 2.19. The van der Waals surface area contributed by atoms with E-state index in [9.17, 15) is 9.18 Å². The molecule has 0 saturated heterocycles. The van der Waals surface area contributed by atoms with E-state index in [4.69, 9.17) is 0 Å². The number of nitrogens with one attached hydrogen (secondary N) is 1. The Hall–Kier alpha value is -2.17. The zero-order valence-corrected chi connectivity index (χ0v) is 8.53. The molecular formula is C11H9FN2O2. The molecule has 1 aromatic carbocycles. The number of ether oxygens (including phenoxy) is 1. The zero-order valence-electron chi connectivity index (χ0n) is 8.53. The van der Waals surface area contributed by atoms with Crippen LogP contribution in [0.25, 0.3) is 11.3 Å². The monoisotopic (exact) mass is 220 g/mol. The summed E-state index contributed by atoms with van der Waals surface area (Å²) < 4.78 is 18.4. The van der Waals surface area contributed by atoms with Crippen LogP contribution in [0.5, 0.6) is 0 Å². The molecular weight excluding hydrogens is 211 g/mol. The molecule has 0 aliphatic carbocycles. The van der Waals surface area contributed by atoms with Crippen LogP contribution in [-0.2, 0) is 4.74 Å². The summed E-state index contributed by atoms with van der Waals surface area (Å²) in [5.41, 5.74) is 0.721. The Morgan fingerprint density at radius 2 is 2.25 bits per heavy atom. The Labute approximate surface area is 91.1 Å². The molecule has 0 fully saturated rings. The summed E-state index contributed by atoms with van der Waals surface area (Å²) in [6.45, 7) is 0. The Morgan fingerprint density at radius 3 is 2.88 bits per heavy atom. The number of aromatic nitrogens is 2. The lowest BCUT2D eigenvalue weighted by Gasteiger charge is -2.04. The van der Waals surface area contributed by atoms with Gasteiger partial charge in [-0.05, 0) is 18.2 Å². The molecule has 0 saturated carbocycles. The molecule has 82 valence electrons. The molecule has 0 atom stereocenters. The van der Waals surface area contributed by atoms with Gasteiger partial charge in [0.05, 0.1) is 18.4 Å². The van der Waals surface area contributed by atoms with Gasteiger partial charge < -0.3 is 4.74 Å². The Bertz CT molecular complexity index is 509. The van der Waals surface area contributed by atoms with Gasteiger partial charge in [0.1, 0.15) is 5.82 Å². The van der Waals surface area contributed by atoms with E-state index in [2.05, 4.69) is 14.9 Å². The summed E-state index contributed by atoms with van der Waals surface area (Å²) in [4.78, 5) is 11.3. The lowest BCUT2D eigenvalue weighted by molar-refractivity contribution is 0.0595. The molecule has 0 bridgehead atoms. The maximum absolute atomic E-state index is 13.9. The van der Waals surface area contributed by atoms with Gasteiger partial charge in [-0.1, -0.05) is 6.07 Å². The van der Waals surface area contributed by atoms with Crippen LogP contribution in [0.2, 0.25) is 0 Å². The molecule has 4 nitrogen and oxygen atoms in total. The summed E-state index contributed by atoms with van der Waals surface area (Å²) >= 11 is 0. The van der Waals surface area contributed by atoms with Crippen molar-refractivity contribution >= 4 is 5.97 Å². The highest BCUT2D eigenvalue weighted by Crippen LogP contribution is 2.23. The number of halogens is 1. The van der Waals surface area contributed by atoms with Crippen LogP contribution in [0.3, 0.4) is 0 Å². The molecule has 0 radical (unpaired) electrons. The Balaban J connectivity index is 2.53. The van der Waals surface area contributed by atoms with Crippen molar-refractivity contribution in [3.8, 4) is 11.3 Å². The Kier molecular flexibility index (Phi) is 2.68. The SMILES string of the molecule is COC(=O)c1cccc(-c2ccn[nH]2)c1F. The van der Waals surface area contributed by atoms with Crippen LogP contribution in [0, 0.1) is 5.82 Å². The van der Waals surface area contributed by atoms with Crippen LogP contribution < -0.4 is 0 Å². The topological polar surface area (TPSA) is 55.0 Å². The van der Waals surface area contributed by atoms with Crippen molar-refractivity contribution < 1.29 is 13.9 Å². The van der Waals surface area contributed by atoms with E-state index in [1.54, 1.807) is 18.2 Å². The molecule has 1 heterocycles. The van der Waals surface area contributed by atoms with Crippen LogP contribution in [0.1, 0.15) is 10.4 Å². The predicted molar refractivity (Wildman–Crippen MR) is 55.3 cm³/mol. The van der Waals surface area contributed by atoms with Gasteiger partial charge in [0.2, 0.25) is 0 Å². The van der Waals surface area contributed by atoms with Crippen molar-refractivity contribution in [2.45, 2.75) is 0 Å². The summed E-state index contributed by atoms with van der Waals surface area (Å²) in [6, 6.07) is 6.15. The second-order valence-corrected chi connectivity index (χ2v) is 3.13. The van der Waals surface area contributed by atoms with Crippen LogP contribution >= 0.6 is 0 Å². The standard InChI is InChI=1S/C11H9FN2O2/c1-16-11(15)8-4-2-3-7(10(8)12)9-5-6-13-14-9/h2-6H,1H3,(H,13,14). The molecule has 16 heavy (non-hydrogen) atoms. The largest absolute Gasteiger partial charge is 0.465 e. The molecule has 0 aliphatic heterocycles. The molecule has 0 unspecified atom stereocenters. The van der Waals surface area contributed by atoms with Gasteiger partial charge in [-0.15, -0.1) is 0 Å². The minimum atomic E-state index is -0.695. The first-order valence-electron chi connectivity index (χ1n) is 4.60. The average Bonchev–Trinajstić information content (AvgIpc) is 2.82. The quantitative estimate of drug-likeness (QED) is 0.787. The second-order valence-electron chi connectivity index (χ2n) is 3.13. The normalized spacial score (nSPS) is 10.1. The number of rotatable bonds is 2. The van der Waals surface area contributed by atoms with Crippen LogP contribution in [0.4, 0.5) is 4.39 Å². The average molecular weight is 220 g/mol. The second kappa shape index (κ2) is 4.14. The van der Waals surface area contributed by atoms with E-state index >= 15 is 0 Å². The van der Waals surface area contributed by atoms with Crippen LogP contribution in [-0.4, -0.2) is 23.3 Å².